The fourth-order valence-electron chi connectivity index (χ4n) is 1.35. The van der Waals surface area contributed by atoms with Gasteiger partial charge in [-0.05, 0) is 12.1 Å². The fraction of sp³-hybridized carbons (Fsp3) is 0.222. The Morgan fingerprint density at radius 2 is 2.00 bits per heavy atom. The maximum absolute atomic E-state index is 11.6. The number of epoxide rings is 1. The van der Waals surface area contributed by atoms with E-state index in [1.807, 2.05) is 6.07 Å². The van der Waals surface area contributed by atoms with E-state index in [0.717, 1.165) is 0 Å². The topological polar surface area (TPSA) is 80.3 Å². The van der Waals surface area contributed by atoms with Crippen molar-refractivity contribution in [1.82, 2.24) is 0 Å². The van der Waals surface area contributed by atoms with E-state index < -0.39 is 17.7 Å². The number of hydrogen-bond donors (Lipinski definition) is 2. The standard InChI is InChI=1S/C9H7NO5/c11-7(8-9(12,13-8)15-14-8)10-6-4-2-1-3-5-6/h1-5,12H,(H,10,11). The van der Waals surface area contributed by atoms with E-state index in [2.05, 4.69) is 19.8 Å². The summed E-state index contributed by atoms with van der Waals surface area (Å²) in [6, 6.07) is 8.77. The van der Waals surface area contributed by atoms with E-state index in [1.54, 1.807) is 24.3 Å². The van der Waals surface area contributed by atoms with Crippen LogP contribution in [0.25, 0.3) is 0 Å². The van der Waals surface area contributed by atoms with Crippen molar-refractivity contribution in [3.8, 4) is 0 Å². The first-order valence-electron chi connectivity index (χ1n) is 4.32. The minimum absolute atomic E-state index is 0.588. The highest BCUT2D eigenvalue weighted by molar-refractivity contribution is 5.99. The number of ether oxygens (including phenoxy) is 1. The Balaban J connectivity index is 1.73. The molecule has 0 saturated carbocycles. The third-order valence-corrected chi connectivity index (χ3v) is 2.26. The van der Waals surface area contributed by atoms with Crippen molar-refractivity contribution < 1.29 is 24.4 Å². The second kappa shape index (κ2) is 2.56. The predicted octanol–water partition coefficient (Wildman–Crippen LogP) is -0.0405. The van der Waals surface area contributed by atoms with Crippen molar-refractivity contribution in [3.05, 3.63) is 30.3 Å². The summed E-state index contributed by atoms with van der Waals surface area (Å²) in [5.74, 6) is -4.17. The van der Waals surface area contributed by atoms with E-state index in [4.69, 9.17) is 0 Å². The number of anilines is 1. The molecule has 0 aliphatic carbocycles. The molecule has 78 valence electrons. The Morgan fingerprint density at radius 3 is 2.47 bits per heavy atom. The Kier molecular flexibility index (Phi) is 1.50. The summed E-state index contributed by atoms with van der Waals surface area (Å²) < 4.78 is 4.64. The van der Waals surface area contributed by atoms with E-state index in [0.29, 0.717) is 5.69 Å². The third kappa shape index (κ3) is 1.04. The first kappa shape index (κ1) is 8.81. The van der Waals surface area contributed by atoms with Gasteiger partial charge >= 0.3 is 11.8 Å². The largest absolute Gasteiger partial charge is 0.381 e. The molecule has 2 unspecified atom stereocenters. The molecule has 1 amide bonds. The van der Waals surface area contributed by atoms with Crippen LogP contribution in [-0.4, -0.2) is 22.8 Å². The van der Waals surface area contributed by atoms with E-state index in [9.17, 15) is 9.90 Å². The van der Waals surface area contributed by atoms with Crippen LogP contribution in [-0.2, 0) is 19.3 Å². The van der Waals surface area contributed by atoms with Gasteiger partial charge in [0, 0.05) is 5.69 Å². The molecule has 6 nitrogen and oxygen atoms in total. The van der Waals surface area contributed by atoms with Gasteiger partial charge in [0.1, 0.15) is 0 Å². The molecule has 2 heterocycles. The smallest absolute Gasteiger partial charge is 0.337 e. The van der Waals surface area contributed by atoms with Crippen molar-refractivity contribution in [1.29, 1.82) is 0 Å². The molecule has 3 rings (SSSR count). The summed E-state index contributed by atoms with van der Waals surface area (Å²) in [6.07, 6.45) is 0. The highest BCUT2D eigenvalue weighted by Gasteiger charge is 2.89. The Hall–Kier alpha value is -1.47. The maximum atomic E-state index is 11.6. The van der Waals surface area contributed by atoms with Crippen molar-refractivity contribution in [2.24, 2.45) is 0 Å². The third-order valence-electron chi connectivity index (χ3n) is 2.26. The van der Waals surface area contributed by atoms with Crippen molar-refractivity contribution in [2.75, 3.05) is 5.32 Å². The molecule has 1 aromatic rings. The summed E-state index contributed by atoms with van der Waals surface area (Å²) in [4.78, 5) is 20.2. The zero-order chi connectivity index (χ0) is 10.5. The lowest BCUT2D eigenvalue weighted by molar-refractivity contribution is -0.501. The molecule has 2 aliphatic heterocycles. The van der Waals surface area contributed by atoms with Gasteiger partial charge in [0.05, 0.1) is 0 Å². The summed E-state index contributed by atoms with van der Waals surface area (Å²) in [5.41, 5.74) is 0.588. The minimum Gasteiger partial charge on any atom is -0.337 e. The van der Waals surface area contributed by atoms with Crippen LogP contribution in [0.3, 0.4) is 0 Å². The molecule has 2 N–H and O–H groups in total. The highest BCUT2D eigenvalue weighted by atomic mass is 17.4. The second-order valence-electron chi connectivity index (χ2n) is 3.29. The summed E-state index contributed by atoms with van der Waals surface area (Å²) >= 11 is 0. The summed E-state index contributed by atoms with van der Waals surface area (Å²) in [7, 11) is 0. The molecule has 0 bridgehead atoms. The van der Waals surface area contributed by atoms with Crippen molar-refractivity contribution >= 4 is 11.6 Å². The fourth-order valence-corrected chi connectivity index (χ4v) is 1.35. The molecule has 2 saturated heterocycles. The summed E-state index contributed by atoms with van der Waals surface area (Å²) in [5, 5.41) is 11.8. The Morgan fingerprint density at radius 1 is 1.27 bits per heavy atom. The van der Waals surface area contributed by atoms with Gasteiger partial charge in [-0.25, -0.2) is 0 Å². The highest BCUT2D eigenvalue weighted by Crippen LogP contribution is 2.57. The number of carbonyl (C=O) groups excluding carboxylic acids is 1. The molecule has 2 aliphatic rings. The van der Waals surface area contributed by atoms with E-state index in [1.165, 1.54) is 0 Å². The molecule has 2 atom stereocenters. The predicted molar refractivity (Wildman–Crippen MR) is 46.0 cm³/mol. The van der Waals surface area contributed by atoms with E-state index >= 15 is 0 Å². The molecular weight excluding hydrogens is 202 g/mol. The van der Waals surface area contributed by atoms with Gasteiger partial charge in [-0.2, -0.15) is 9.78 Å². The van der Waals surface area contributed by atoms with Crippen LogP contribution in [0.4, 0.5) is 5.69 Å². The van der Waals surface area contributed by atoms with Gasteiger partial charge in [-0.15, -0.1) is 0 Å². The molecule has 0 spiro atoms. The normalized spacial score (nSPS) is 36.3. The Labute approximate surface area is 84.3 Å². The number of benzene rings is 1. The lowest BCUT2D eigenvalue weighted by atomic mass is 10.2. The van der Waals surface area contributed by atoms with Crippen LogP contribution < -0.4 is 5.32 Å². The summed E-state index contributed by atoms with van der Waals surface area (Å²) in [6.45, 7) is 0. The molecule has 1 aromatic carbocycles. The number of hydrogen-bond acceptors (Lipinski definition) is 5. The number of nitrogens with one attached hydrogen (secondary N) is 1. The van der Waals surface area contributed by atoms with Gasteiger partial charge in [0.2, 0.25) is 0 Å². The average molecular weight is 209 g/mol. The number of aliphatic hydroxyl groups is 1. The molecule has 15 heavy (non-hydrogen) atoms. The Bertz CT molecular complexity index is 422. The van der Waals surface area contributed by atoms with Crippen molar-refractivity contribution in [2.45, 2.75) is 11.8 Å². The number of amides is 1. The monoisotopic (exact) mass is 209 g/mol. The van der Waals surface area contributed by atoms with Crippen molar-refractivity contribution in [3.63, 3.8) is 0 Å². The molecule has 0 aromatic heterocycles. The SMILES string of the molecule is O=C(Nc1ccccc1)C12OOC1(O)O2. The molecule has 0 radical (unpaired) electrons. The van der Waals surface area contributed by atoms with Gasteiger partial charge in [-0.1, -0.05) is 18.2 Å². The number of rotatable bonds is 2. The quantitative estimate of drug-likeness (QED) is 0.527. The zero-order valence-corrected chi connectivity index (χ0v) is 7.47. The first-order valence-corrected chi connectivity index (χ1v) is 4.32. The molecule has 6 heteroatoms. The van der Waals surface area contributed by atoms with Gasteiger partial charge in [0.15, 0.2) is 0 Å². The van der Waals surface area contributed by atoms with Gasteiger partial charge < -0.3 is 10.4 Å². The van der Waals surface area contributed by atoms with E-state index in [-0.39, 0.29) is 0 Å². The zero-order valence-electron chi connectivity index (χ0n) is 7.47. The van der Waals surface area contributed by atoms with Gasteiger partial charge in [-0.3, -0.25) is 9.53 Å². The van der Waals surface area contributed by atoms with Crippen LogP contribution in [0, 0.1) is 0 Å². The lowest BCUT2D eigenvalue weighted by Gasteiger charge is -2.21. The van der Waals surface area contributed by atoms with Crippen LogP contribution in [0.15, 0.2) is 30.3 Å². The number of fused-ring (bicyclic) bond motifs is 1. The van der Waals surface area contributed by atoms with Gasteiger partial charge in [0.25, 0.3) is 5.91 Å². The molecule has 2 fully saturated rings. The lowest BCUT2D eigenvalue weighted by Crippen LogP contribution is -2.50. The van der Waals surface area contributed by atoms with Crippen LogP contribution in [0.2, 0.25) is 0 Å². The van der Waals surface area contributed by atoms with Crippen LogP contribution >= 0.6 is 0 Å². The number of carbonyl (C=O) groups is 1. The number of para-hydroxylation sites is 1. The minimum atomic E-state index is -1.90. The maximum Gasteiger partial charge on any atom is 0.381 e. The first-order chi connectivity index (χ1) is 7.16. The van der Waals surface area contributed by atoms with Crippen LogP contribution in [0.1, 0.15) is 0 Å². The molecular formula is C9H7NO5. The van der Waals surface area contributed by atoms with Crippen LogP contribution in [0.5, 0.6) is 0 Å². The second-order valence-corrected chi connectivity index (χ2v) is 3.29. The average Bonchev–Trinajstić information content (AvgIpc) is 2.67.